The molecule has 266 valence electrons. The van der Waals surface area contributed by atoms with Crippen LogP contribution in [0.2, 0.25) is 0 Å². The molecule has 0 aromatic heterocycles. The second-order valence-electron chi connectivity index (χ2n) is 15.9. The summed E-state index contributed by atoms with van der Waals surface area (Å²) in [5.41, 5.74) is -2.02. The first-order chi connectivity index (χ1) is 21.3. The van der Waals surface area contributed by atoms with E-state index in [-0.39, 0.29) is 96.2 Å². The molecule has 0 radical (unpaired) electrons. The van der Waals surface area contributed by atoms with Crippen molar-refractivity contribution in [1.29, 1.82) is 0 Å². The normalized spacial score (nSPS) is 48.9. The van der Waals surface area contributed by atoms with E-state index in [2.05, 4.69) is 31.0 Å². The van der Waals surface area contributed by atoms with Crippen LogP contribution in [0.15, 0.2) is 12.2 Å². The standard InChI is InChI=1S/C33H56O12S.Na/c1-17(19(3)15-44-46(40,41)42)6-7-18(2)21-13-23(34)29-32(21,5)11-9-26-31(4)10-8-20(12-22(31)24(35)14-33(26,29)39)45-30-28(38)27(37)25(36)16-43-30;/h6-7,17-30,34-39H,8-16H2,1-5H3,(H,40,41,42);/q;+1/p-1/b7-6+;/t17-,18-,19-,20+,21-,22-,23+,24-,25-,26-,27+,28-,29-,30+,31+,32-,33+;/m1./s1. The third kappa shape index (κ3) is 7.60. The van der Waals surface area contributed by atoms with Crippen molar-refractivity contribution < 1.29 is 86.8 Å². The van der Waals surface area contributed by atoms with E-state index < -0.39 is 64.1 Å². The maximum atomic E-state index is 12.6. The number of rotatable bonds is 9. The molecule has 0 spiro atoms. The van der Waals surface area contributed by atoms with Crippen molar-refractivity contribution in [3.63, 3.8) is 0 Å². The number of hydrogen-bond donors (Lipinski definition) is 6. The molecule has 0 bridgehead atoms. The van der Waals surface area contributed by atoms with Gasteiger partial charge in [-0.15, -0.1) is 0 Å². The molecule has 5 aliphatic rings. The van der Waals surface area contributed by atoms with Crippen molar-refractivity contribution in [3.8, 4) is 0 Å². The van der Waals surface area contributed by atoms with Crippen LogP contribution in [0.1, 0.15) is 79.6 Å². The van der Waals surface area contributed by atoms with Crippen molar-refractivity contribution in [1.82, 2.24) is 0 Å². The van der Waals surface area contributed by atoms with E-state index in [1.165, 1.54) is 0 Å². The Morgan fingerprint density at radius 1 is 0.936 bits per heavy atom. The summed E-state index contributed by atoms with van der Waals surface area (Å²) in [4.78, 5) is 0. The van der Waals surface area contributed by atoms with E-state index >= 15 is 0 Å². The van der Waals surface area contributed by atoms with E-state index in [0.29, 0.717) is 25.7 Å². The fourth-order valence-electron chi connectivity index (χ4n) is 10.6. The predicted molar refractivity (Wildman–Crippen MR) is 164 cm³/mol. The fraction of sp³-hybridized carbons (Fsp3) is 0.939. The van der Waals surface area contributed by atoms with E-state index in [4.69, 9.17) is 9.47 Å². The minimum atomic E-state index is -4.75. The number of hydrogen-bond acceptors (Lipinski definition) is 12. The van der Waals surface area contributed by atoms with Crippen molar-refractivity contribution in [2.24, 2.45) is 52.3 Å². The third-order valence-corrected chi connectivity index (χ3v) is 13.6. The second-order valence-corrected chi connectivity index (χ2v) is 17.0. The summed E-state index contributed by atoms with van der Waals surface area (Å²) in [5, 5.41) is 66.2. The summed E-state index contributed by atoms with van der Waals surface area (Å²) in [6, 6.07) is 0. The molecule has 1 heterocycles. The molecule has 0 aromatic carbocycles. The van der Waals surface area contributed by atoms with Gasteiger partial charge in [0.1, 0.15) is 18.3 Å². The van der Waals surface area contributed by atoms with Crippen LogP contribution < -0.4 is 29.6 Å². The van der Waals surface area contributed by atoms with Gasteiger partial charge in [0.15, 0.2) is 6.29 Å². The predicted octanol–water partition coefficient (Wildman–Crippen LogP) is -1.53. The van der Waals surface area contributed by atoms with Crippen LogP contribution in [-0.2, 0) is 24.1 Å². The molecule has 4 aliphatic carbocycles. The van der Waals surface area contributed by atoms with E-state index in [9.17, 15) is 43.6 Å². The van der Waals surface area contributed by atoms with Gasteiger partial charge in [-0.3, -0.25) is 4.18 Å². The van der Waals surface area contributed by atoms with Gasteiger partial charge < -0.3 is 44.7 Å². The van der Waals surface area contributed by atoms with E-state index in [1.54, 1.807) is 0 Å². The molecule has 47 heavy (non-hydrogen) atoms. The van der Waals surface area contributed by atoms with Crippen LogP contribution in [0.25, 0.3) is 0 Å². The first-order valence-corrected chi connectivity index (χ1v) is 18.3. The molecule has 1 saturated heterocycles. The van der Waals surface area contributed by atoms with Crippen LogP contribution in [0.3, 0.4) is 0 Å². The first-order valence-electron chi connectivity index (χ1n) is 17.0. The summed E-state index contributed by atoms with van der Waals surface area (Å²) in [6.07, 6.45) is 1.29. The molecule has 17 atom stereocenters. The summed E-state index contributed by atoms with van der Waals surface area (Å²) in [5.74, 6) is -0.809. The van der Waals surface area contributed by atoms with Crippen LogP contribution in [-0.4, -0.2) is 105 Å². The summed E-state index contributed by atoms with van der Waals surface area (Å²) in [7, 11) is -4.75. The first kappa shape index (κ1) is 40.1. The molecule has 14 heteroatoms. The van der Waals surface area contributed by atoms with Gasteiger partial charge in [-0.2, -0.15) is 0 Å². The molecular weight excluding hydrogens is 643 g/mol. The fourth-order valence-corrected chi connectivity index (χ4v) is 10.9. The maximum Gasteiger partial charge on any atom is 1.00 e. The molecule has 1 aliphatic heterocycles. The van der Waals surface area contributed by atoms with Crippen LogP contribution in [0.5, 0.6) is 0 Å². The van der Waals surface area contributed by atoms with Gasteiger partial charge in [0, 0.05) is 12.3 Å². The van der Waals surface area contributed by atoms with Crippen molar-refractivity contribution >= 4 is 10.4 Å². The van der Waals surface area contributed by atoms with Crippen molar-refractivity contribution in [3.05, 3.63) is 12.2 Å². The molecule has 12 nitrogen and oxygen atoms in total. The summed E-state index contributed by atoms with van der Waals surface area (Å²) in [6.45, 7) is 9.85. The van der Waals surface area contributed by atoms with Gasteiger partial charge >= 0.3 is 29.6 Å². The number of ether oxygens (including phenoxy) is 2. The second kappa shape index (κ2) is 14.7. The average molecular weight is 699 g/mol. The molecule has 0 aromatic rings. The maximum absolute atomic E-state index is 12.6. The van der Waals surface area contributed by atoms with E-state index in [0.717, 1.165) is 12.8 Å². The Labute approximate surface area is 301 Å². The molecule has 0 unspecified atom stereocenters. The largest absolute Gasteiger partial charge is 1.00 e. The Kier molecular flexibility index (Phi) is 12.6. The van der Waals surface area contributed by atoms with Crippen LogP contribution >= 0.6 is 0 Å². The molecular formula is C33H55NaO12S. The Bertz CT molecular complexity index is 1220. The number of aliphatic hydroxyl groups excluding tert-OH is 5. The SMILES string of the molecule is C[C@H](/C=C/[C@@H](C)[C@H]1C[C@H](O)[C@@H]2[C@]1(C)CC[C@@H]1[C@@]3(C)CC[C@H](O[C@@H]4OC[C@@H](O)[C@H](O)[C@H]4O)C[C@@H]3[C@H](O)C[C@]12O)[C@H](C)COS(=O)(=O)[O-].[Na+]. The Balaban J connectivity index is 0.00000500. The molecule has 6 N–H and O–H groups in total. The zero-order valence-corrected chi connectivity index (χ0v) is 31.5. The van der Waals surface area contributed by atoms with Gasteiger partial charge in [0.2, 0.25) is 10.4 Å². The smallest absolute Gasteiger partial charge is 0.726 e. The Morgan fingerprint density at radius 3 is 2.26 bits per heavy atom. The van der Waals surface area contributed by atoms with Gasteiger partial charge in [0.25, 0.3) is 0 Å². The number of fused-ring (bicyclic) bond motifs is 5. The van der Waals surface area contributed by atoms with Crippen molar-refractivity contribution in [2.75, 3.05) is 13.2 Å². The molecule has 4 saturated carbocycles. The molecule has 5 fully saturated rings. The molecule has 5 rings (SSSR count). The molecule has 0 amide bonds. The van der Waals surface area contributed by atoms with Crippen LogP contribution in [0.4, 0.5) is 0 Å². The third-order valence-electron chi connectivity index (χ3n) is 13.2. The minimum absolute atomic E-state index is 0. The summed E-state index contributed by atoms with van der Waals surface area (Å²) >= 11 is 0. The number of allylic oxidation sites excluding steroid dienone is 2. The Morgan fingerprint density at radius 2 is 1.60 bits per heavy atom. The van der Waals surface area contributed by atoms with E-state index in [1.807, 2.05) is 19.9 Å². The zero-order chi connectivity index (χ0) is 34.0. The quantitative estimate of drug-likeness (QED) is 0.0534. The van der Waals surface area contributed by atoms with Gasteiger partial charge in [-0.05, 0) is 84.9 Å². The topological polar surface area (TPSA) is 206 Å². The van der Waals surface area contributed by atoms with Gasteiger partial charge in [-0.25, -0.2) is 8.42 Å². The van der Waals surface area contributed by atoms with Gasteiger partial charge in [0.05, 0.1) is 37.1 Å². The number of aliphatic hydroxyl groups is 6. The van der Waals surface area contributed by atoms with Crippen LogP contribution in [0, 0.1) is 52.3 Å². The van der Waals surface area contributed by atoms with Gasteiger partial charge in [-0.1, -0.05) is 46.8 Å². The van der Waals surface area contributed by atoms with Crippen molar-refractivity contribution in [2.45, 2.75) is 128 Å². The average Bonchev–Trinajstić information content (AvgIpc) is 3.25. The zero-order valence-electron chi connectivity index (χ0n) is 28.6. The Hall–Kier alpha value is 0.290. The summed E-state index contributed by atoms with van der Waals surface area (Å²) < 4.78 is 48.6. The minimum Gasteiger partial charge on any atom is -0.726 e. The monoisotopic (exact) mass is 698 g/mol.